The number of aliphatic carboxylic acids is 1. The molecule has 4 aromatic carbocycles. The highest BCUT2D eigenvalue weighted by atomic mass is 35.5. The second-order valence-corrected chi connectivity index (χ2v) is 11.6. The van der Waals surface area contributed by atoms with Gasteiger partial charge in [-0.1, -0.05) is 89.9 Å². The fourth-order valence-corrected chi connectivity index (χ4v) is 5.45. The van der Waals surface area contributed by atoms with E-state index in [9.17, 15) is 9.59 Å². The lowest BCUT2D eigenvalue weighted by Crippen LogP contribution is -2.15. The topological polar surface area (TPSA) is 87.7 Å². The number of hydrogen-bond acceptors (Lipinski definition) is 6. The summed E-state index contributed by atoms with van der Waals surface area (Å²) in [6.07, 6.45) is 0.995. The minimum Gasteiger partial charge on any atom is -0.484 e. The van der Waals surface area contributed by atoms with Gasteiger partial charge in [0.05, 0.1) is 22.2 Å². The maximum absolute atomic E-state index is 10.8. The summed E-state index contributed by atoms with van der Waals surface area (Å²) in [7, 11) is 1.98. The Morgan fingerprint density at radius 1 is 0.864 bits per heavy atom. The minimum absolute atomic E-state index is 0.0642. The van der Waals surface area contributed by atoms with Crippen molar-refractivity contribution in [2.75, 3.05) is 18.9 Å². The molecule has 0 amide bonds. The van der Waals surface area contributed by atoms with Crippen LogP contribution in [-0.4, -0.2) is 30.5 Å². The van der Waals surface area contributed by atoms with Crippen LogP contribution in [0.15, 0.2) is 102 Å². The molecule has 0 aliphatic heterocycles. The Balaban J connectivity index is 0.000000216. The Bertz CT molecular complexity index is 1610. The van der Waals surface area contributed by atoms with Gasteiger partial charge in [0.25, 0.3) is 0 Å². The van der Waals surface area contributed by atoms with Crippen LogP contribution in [0.3, 0.4) is 0 Å². The zero-order valence-electron chi connectivity index (χ0n) is 24.8. The van der Waals surface area contributed by atoms with E-state index in [1.54, 1.807) is 47.7 Å². The number of benzene rings is 4. The van der Waals surface area contributed by atoms with E-state index in [4.69, 9.17) is 33.0 Å². The van der Waals surface area contributed by atoms with Crippen LogP contribution in [0, 0.1) is 0 Å². The molecular formula is C35H36Cl2N2O4S. The average molecular weight is 652 g/mol. The van der Waals surface area contributed by atoms with Crippen LogP contribution >= 0.6 is 34.5 Å². The van der Waals surface area contributed by atoms with Gasteiger partial charge < -0.3 is 25.3 Å². The molecule has 0 radical (unpaired) electrons. The number of nitrogens with one attached hydrogen (secondary N) is 2. The van der Waals surface area contributed by atoms with E-state index in [0.29, 0.717) is 27.0 Å². The highest BCUT2D eigenvalue weighted by Crippen LogP contribution is 2.34. The van der Waals surface area contributed by atoms with Crippen molar-refractivity contribution in [1.82, 2.24) is 5.32 Å². The number of ketones is 1. The van der Waals surface area contributed by atoms with Crippen molar-refractivity contribution in [3.05, 3.63) is 123 Å². The summed E-state index contributed by atoms with van der Waals surface area (Å²) in [4.78, 5) is 21.5. The molecule has 3 N–H and O–H groups in total. The lowest BCUT2D eigenvalue weighted by Gasteiger charge is -2.19. The van der Waals surface area contributed by atoms with E-state index in [0.717, 1.165) is 18.7 Å². The number of hydrogen-bond donors (Lipinski definition) is 3. The Morgan fingerprint density at radius 2 is 1.50 bits per heavy atom. The Morgan fingerprint density at radius 3 is 2.16 bits per heavy atom. The highest BCUT2D eigenvalue weighted by Gasteiger charge is 2.15. The molecule has 9 heteroatoms. The first-order valence-corrected chi connectivity index (χ1v) is 15.6. The fourth-order valence-electron chi connectivity index (χ4n) is 4.17. The van der Waals surface area contributed by atoms with Gasteiger partial charge in [-0.3, -0.25) is 4.79 Å². The number of halogens is 2. The fraction of sp³-hybridized carbons (Fsp3) is 0.200. The normalized spacial score (nSPS) is 10.9. The van der Waals surface area contributed by atoms with Gasteiger partial charge in [0.15, 0.2) is 0 Å². The molecule has 1 heterocycles. The van der Waals surface area contributed by atoms with Gasteiger partial charge in [0.1, 0.15) is 17.6 Å². The molecule has 0 saturated carbocycles. The van der Waals surface area contributed by atoms with Gasteiger partial charge in [0.2, 0.25) is 0 Å². The number of rotatable bonds is 10. The molecule has 1 aromatic heterocycles. The molecule has 0 saturated heterocycles. The lowest BCUT2D eigenvalue weighted by atomic mass is 10.1. The van der Waals surface area contributed by atoms with Crippen molar-refractivity contribution in [2.24, 2.45) is 0 Å². The summed E-state index contributed by atoms with van der Waals surface area (Å²) >= 11 is 13.9. The van der Waals surface area contributed by atoms with Crippen molar-refractivity contribution in [1.29, 1.82) is 0 Å². The molecule has 0 bridgehead atoms. The molecule has 1 atom stereocenters. The van der Waals surface area contributed by atoms with E-state index in [-0.39, 0.29) is 18.3 Å². The maximum Gasteiger partial charge on any atom is 0.307 e. The summed E-state index contributed by atoms with van der Waals surface area (Å²) in [6, 6.07) is 31.2. The van der Waals surface area contributed by atoms with Crippen molar-refractivity contribution < 1.29 is 19.4 Å². The van der Waals surface area contributed by atoms with Gasteiger partial charge in [0, 0.05) is 22.4 Å². The predicted octanol–water partition coefficient (Wildman–Crippen LogP) is 9.59. The number of fused-ring (bicyclic) bond motifs is 1. The maximum atomic E-state index is 10.8. The zero-order chi connectivity index (χ0) is 31.9. The van der Waals surface area contributed by atoms with Gasteiger partial charge >= 0.3 is 5.97 Å². The van der Waals surface area contributed by atoms with Gasteiger partial charge in [-0.25, -0.2) is 0 Å². The molecule has 0 fully saturated rings. The lowest BCUT2D eigenvalue weighted by molar-refractivity contribution is -0.136. The molecule has 0 unspecified atom stereocenters. The number of carbonyl (C=O) groups is 2. The predicted molar refractivity (Wildman–Crippen MR) is 184 cm³/mol. The number of Topliss-reactive ketones (excluding diaryl/α,β-unsaturated/α-hetero) is 1. The van der Waals surface area contributed by atoms with Crippen LogP contribution in [0.25, 0.3) is 10.8 Å². The third-order valence-electron chi connectivity index (χ3n) is 6.12. The quantitative estimate of drug-likeness (QED) is 0.139. The van der Waals surface area contributed by atoms with Crippen LogP contribution in [0.5, 0.6) is 5.75 Å². The molecule has 5 aromatic rings. The van der Waals surface area contributed by atoms with Crippen LogP contribution in [0.2, 0.25) is 10.0 Å². The summed E-state index contributed by atoms with van der Waals surface area (Å²) in [5, 5.41) is 20.6. The molecule has 44 heavy (non-hydrogen) atoms. The number of thiophene rings is 1. The number of para-hydroxylation sites is 2. The van der Waals surface area contributed by atoms with Crippen LogP contribution in [0.1, 0.15) is 36.8 Å². The number of carboxylic acids is 1. The second kappa shape index (κ2) is 18.0. The molecule has 5 rings (SSSR count). The van der Waals surface area contributed by atoms with E-state index in [1.165, 1.54) is 29.5 Å². The van der Waals surface area contributed by atoms with Gasteiger partial charge in [-0.15, -0.1) is 11.3 Å². The molecule has 0 spiro atoms. The molecule has 0 aliphatic carbocycles. The van der Waals surface area contributed by atoms with Gasteiger partial charge in [-0.05, 0) is 74.1 Å². The summed E-state index contributed by atoms with van der Waals surface area (Å²) in [5.41, 5.74) is 1.93. The third kappa shape index (κ3) is 11.0. The third-order valence-corrected chi connectivity index (χ3v) is 7.71. The first-order chi connectivity index (χ1) is 21.2. The second-order valence-electron chi connectivity index (χ2n) is 9.85. The molecule has 0 aliphatic rings. The standard InChI is InChI=1S/C18H19NOS.C14H11Cl2NO2.C3H6O/c1-19-12-11-17(18-10-5-13-21-18)20-16-9-4-7-14-6-2-3-8-15(14)16;15-10-5-3-6-11(16)14(10)17-12-7-2-1-4-9(12)8-13(18)19;1-3(2)4/h2-10,13,17,19H,11-12H2,1H3;1-7,17H,8H2,(H,18,19);1-2H3/t17-;;/m1../s1. The largest absolute Gasteiger partial charge is 0.484 e. The zero-order valence-corrected chi connectivity index (χ0v) is 27.2. The first kappa shape index (κ1) is 34.6. The SMILES string of the molecule is CC(C)=O.CNCC[C@@H](Oc1cccc2ccccc12)c1cccs1.O=C(O)Cc1ccccc1Nc1c(Cl)cccc1Cl. The number of ether oxygens (including phenoxy) is 1. The Labute approximate surface area is 272 Å². The van der Waals surface area contributed by atoms with E-state index in [1.807, 2.05) is 13.1 Å². The monoisotopic (exact) mass is 650 g/mol. The summed E-state index contributed by atoms with van der Waals surface area (Å²) in [5.74, 6) is 0.238. The smallest absolute Gasteiger partial charge is 0.307 e. The summed E-state index contributed by atoms with van der Waals surface area (Å²) in [6.45, 7) is 3.99. The van der Waals surface area contributed by atoms with Crippen LogP contribution in [0.4, 0.5) is 11.4 Å². The minimum atomic E-state index is -0.889. The molecular weight excluding hydrogens is 615 g/mol. The first-order valence-electron chi connectivity index (χ1n) is 14.0. The molecule has 6 nitrogen and oxygen atoms in total. The van der Waals surface area contributed by atoms with Crippen molar-refractivity contribution in [3.8, 4) is 5.75 Å². The highest BCUT2D eigenvalue weighted by molar-refractivity contribution is 7.10. The van der Waals surface area contributed by atoms with Crippen LogP contribution in [-0.2, 0) is 16.0 Å². The van der Waals surface area contributed by atoms with E-state index < -0.39 is 5.97 Å². The number of anilines is 2. The van der Waals surface area contributed by atoms with Crippen molar-refractivity contribution in [2.45, 2.75) is 32.8 Å². The Hall–Kier alpha value is -3.88. The van der Waals surface area contributed by atoms with Crippen molar-refractivity contribution in [3.63, 3.8) is 0 Å². The summed E-state index contributed by atoms with van der Waals surface area (Å²) < 4.78 is 6.34. The molecule has 230 valence electrons. The van der Waals surface area contributed by atoms with Crippen molar-refractivity contribution >= 4 is 68.4 Å². The van der Waals surface area contributed by atoms with E-state index >= 15 is 0 Å². The Kier molecular flexibility index (Phi) is 14.2. The number of carbonyl (C=O) groups excluding carboxylic acids is 1. The van der Waals surface area contributed by atoms with E-state index in [2.05, 4.69) is 70.6 Å². The average Bonchev–Trinajstić information content (AvgIpc) is 3.53. The van der Waals surface area contributed by atoms with Gasteiger partial charge in [-0.2, -0.15) is 0 Å². The van der Waals surface area contributed by atoms with Crippen LogP contribution < -0.4 is 15.4 Å². The number of carboxylic acid groups (broad SMARTS) is 1.